The molecule has 2 heterocycles. The summed E-state index contributed by atoms with van der Waals surface area (Å²) in [6.07, 6.45) is 0. The number of nitrogens with zero attached hydrogens (tertiary/aromatic N) is 3. The third-order valence-electron chi connectivity index (χ3n) is 6.63. The SMILES string of the molecule is COc1ccc(CSC[C@@H](N)C(=O)N2CCn3c(nc(-c4ccc(F)cc4)c3Nc3ccc(Cl)c(F)c3)C2)cc1. The van der Waals surface area contributed by atoms with Crippen molar-refractivity contribution >= 4 is 40.8 Å². The summed E-state index contributed by atoms with van der Waals surface area (Å²) in [6, 6.07) is 17.6. The third-order valence-corrected chi connectivity index (χ3v) is 8.07. The molecule has 1 amide bonds. The molecular weight excluding hydrogens is 556 g/mol. The van der Waals surface area contributed by atoms with E-state index in [9.17, 15) is 13.6 Å². The lowest BCUT2D eigenvalue weighted by atomic mass is 10.1. The topological polar surface area (TPSA) is 85.4 Å². The maximum absolute atomic E-state index is 14.1. The lowest BCUT2D eigenvalue weighted by Crippen LogP contribution is -2.48. The number of imidazole rings is 1. The molecule has 11 heteroatoms. The highest BCUT2D eigenvalue weighted by molar-refractivity contribution is 7.98. The number of rotatable bonds is 9. The van der Waals surface area contributed by atoms with Crippen molar-refractivity contribution in [1.29, 1.82) is 0 Å². The highest BCUT2D eigenvalue weighted by Crippen LogP contribution is 2.34. The van der Waals surface area contributed by atoms with Crippen molar-refractivity contribution in [1.82, 2.24) is 14.5 Å². The van der Waals surface area contributed by atoms with Crippen molar-refractivity contribution in [2.24, 2.45) is 5.73 Å². The van der Waals surface area contributed by atoms with Crippen LogP contribution in [0.2, 0.25) is 5.02 Å². The molecule has 0 saturated carbocycles. The largest absolute Gasteiger partial charge is 0.497 e. The molecule has 1 aliphatic rings. The maximum Gasteiger partial charge on any atom is 0.240 e. The quantitative estimate of drug-likeness (QED) is 0.258. The summed E-state index contributed by atoms with van der Waals surface area (Å²) in [5.74, 6) is 2.22. The second kappa shape index (κ2) is 12.3. The molecule has 5 rings (SSSR count). The summed E-state index contributed by atoms with van der Waals surface area (Å²) >= 11 is 7.45. The number of carbonyl (C=O) groups excluding carboxylic acids is 1. The summed E-state index contributed by atoms with van der Waals surface area (Å²) in [6.45, 7) is 1.16. The first-order chi connectivity index (χ1) is 19.3. The molecule has 3 N–H and O–H groups in total. The van der Waals surface area contributed by atoms with E-state index in [-0.39, 0.29) is 23.3 Å². The fourth-order valence-corrected chi connectivity index (χ4v) is 5.56. The number of hydrogen-bond acceptors (Lipinski definition) is 6. The number of amides is 1. The minimum absolute atomic E-state index is 0.0206. The van der Waals surface area contributed by atoms with Crippen LogP contribution in [0.3, 0.4) is 0 Å². The summed E-state index contributed by atoms with van der Waals surface area (Å²) in [7, 11) is 1.63. The van der Waals surface area contributed by atoms with Gasteiger partial charge in [-0.15, -0.1) is 0 Å². The molecule has 0 saturated heterocycles. The number of halogens is 3. The Balaban J connectivity index is 1.31. The first-order valence-electron chi connectivity index (χ1n) is 12.6. The average Bonchev–Trinajstić information content (AvgIpc) is 3.32. The van der Waals surface area contributed by atoms with Gasteiger partial charge in [0.25, 0.3) is 0 Å². The van der Waals surface area contributed by atoms with Gasteiger partial charge in [-0.1, -0.05) is 23.7 Å². The number of methoxy groups -OCH3 is 1. The molecule has 208 valence electrons. The monoisotopic (exact) mass is 583 g/mol. The Morgan fingerprint density at radius 2 is 1.88 bits per heavy atom. The molecule has 7 nitrogen and oxygen atoms in total. The molecule has 1 atom stereocenters. The molecular formula is C29H28ClF2N5O2S. The Labute approximate surface area is 240 Å². The lowest BCUT2D eigenvalue weighted by molar-refractivity contribution is -0.133. The van der Waals surface area contributed by atoms with Gasteiger partial charge < -0.3 is 25.3 Å². The van der Waals surface area contributed by atoms with Crippen LogP contribution < -0.4 is 15.8 Å². The highest BCUT2D eigenvalue weighted by Gasteiger charge is 2.29. The van der Waals surface area contributed by atoms with E-state index in [1.54, 1.807) is 42.0 Å². The number of nitrogens with one attached hydrogen (secondary N) is 1. The van der Waals surface area contributed by atoms with Crippen molar-refractivity contribution in [3.63, 3.8) is 0 Å². The van der Waals surface area contributed by atoms with Gasteiger partial charge in [0.2, 0.25) is 5.91 Å². The van der Waals surface area contributed by atoms with E-state index in [1.807, 2.05) is 28.8 Å². The minimum Gasteiger partial charge on any atom is -0.497 e. The third kappa shape index (κ3) is 6.24. The van der Waals surface area contributed by atoms with Crippen LogP contribution in [0.1, 0.15) is 11.4 Å². The minimum atomic E-state index is -0.657. The Kier molecular flexibility index (Phi) is 8.58. The summed E-state index contributed by atoms with van der Waals surface area (Å²) in [5, 5.41) is 3.27. The van der Waals surface area contributed by atoms with Gasteiger partial charge in [0, 0.05) is 35.8 Å². The number of ether oxygens (including phenoxy) is 1. The zero-order valence-corrected chi connectivity index (χ0v) is 23.3. The number of nitrogens with two attached hydrogens (primary N) is 1. The fraction of sp³-hybridized carbons (Fsp3) is 0.241. The normalized spacial score (nSPS) is 13.6. The van der Waals surface area contributed by atoms with E-state index in [4.69, 9.17) is 27.1 Å². The first-order valence-corrected chi connectivity index (χ1v) is 14.2. The molecule has 0 fully saturated rings. The van der Waals surface area contributed by atoms with Crippen LogP contribution in [-0.4, -0.2) is 45.8 Å². The van der Waals surface area contributed by atoms with E-state index in [0.29, 0.717) is 47.4 Å². The number of carbonyl (C=O) groups is 1. The fourth-order valence-electron chi connectivity index (χ4n) is 4.50. The van der Waals surface area contributed by atoms with Crippen LogP contribution in [0.15, 0.2) is 66.7 Å². The number of aromatic nitrogens is 2. The molecule has 4 aromatic rings. The van der Waals surface area contributed by atoms with E-state index in [1.165, 1.54) is 24.3 Å². The standard InChI is InChI=1S/C29H28ClF2N5O2S/c1-39-22-9-2-18(3-10-22)16-40-17-25(33)29(38)36-12-13-37-26(15-36)35-27(19-4-6-20(31)7-5-19)28(37)34-21-8-11-23(30)24(32)14-21/h2-11,14,25,34H,12-13,15-17,33H2,1H3/t25-/m1/s1. The molecule has 0 aliphatic carbocycles. The Morgan fingerprint density at radius 3 is 2.58 bits per heavy atom. The number of anilines is 2. The molecule has 40 heavy (non-hydrogen) atoms. The zero-order valence-electron chi connectivity index (χ0n) is 21.7. The number of thioether (sulfide) groups is 1. The molecule has 0 bridgehead atoms. The predicted octanol–water partition coefficient (Wildman–Crippen LogP) is 5.84. The molecule has 1 aromatic heterocycles. The first kappa shape index (κ1) is 27.9. The lowest BCUT2D eigenvalue weighted by Gasteiger charge is -2.30. The predicted molar refractivity (Wildman–Crippen MR) is 155 cm³/mol. The molecule has 0 unspecified atom stereocenters. The van der Waals surface area contributed by atoms with Crippen molar-refractivity contribution in [3.05, 3.63) is 94.8 Å². The van der Waals surface area contributed by atoms with Crippen LogP contribution in [0.4, 0.5) is 20.3 Å². The molecule has 0 spiro atoms. The molecule has 1 aliphatic heterocycles. The van der Waals surface area contributed by atoms with E-state index >= 15 is 0 Å². The Morgan fingerprint density at radius 1 is 1.12 bits per heavy atom. The summed E-state index contributed by atoms with van der Waals surface area (Å²) < 4.78 is 34.9. The van der Waals surface area contributed by atoms with Crippen LogP contribution in [0, 0.1) is 11.6 Å². The van der Waals surface area contributed by atoms with Crippen LogP contribution >= 0.6 is 23.4 Å². The van der Waals surface area contributed by atoms with Gasteiger partial charge >= 0.3 is 0 Å². The number of benzene rings is 3. The molecule has 3 aromatic carbocycles. The highest BCUT2D eigenvalue weighted by atomic mass is 35.5. The van der Waals surface area contributed by atoms with Crippen molar-refractivity contribution in [2.45, 2.75) is 24.9 Å². The Bertz CT molecular complexity index is 1500. The number of hydrogen-bond donors (Lipinski definition) is 2. The van der Waals surface area contributed by atoms with Crippen molar-refractivity contribution in [2.75, 3.05) is 24.7 Å². The molecule has 0 radical (unpaired) electrons. The second-order valence-corrected chi connectivity index (χ2v) is 10.8. The average molecular weight is 584 g/mol. The second-order valence-electron chi connectivity index (χ2n) is 9.37. The summed E-state index contributed by atoms with van der Waals surface area (Å²) in [4.78, 5) is 19.7. The summed E-state index contributed by atoms with van der Waals surface area (Å²) in [5.41, 5.74) is 9.16. The van der Waals surface area contributed by atoms with Gasteiger partial charge in [-0.3, -0.25) is 4.79 Å². The maximum atomic E-state index is 14.1. The Hall–Kier alpha value is -3.60. The van der Waals surface area contributed by atoms with E-state index in [2.05, 4.69) is 5.32 Å². The van der Waals surface area contributed by atoms with Gasteiger partial charge in [0.1, 0.15) is 34.7 Å². The van der Waals surface area contributed by atoms with Crippen molar-refractivity contribution in [3.8, 4) is 17.0 Å². The zero-order chi connectivity index (χ0) is 28.2. The van der Waals surface area contributed by atoms with Gasteiger partial charge in [0.05, 0.1) is 24.7 Å². The van der Waals surface area contributed by atoms with Gasteiger partial charge in [-0.05, 0) is 60.2 Å². The van der Waals surface area contributed by atoms with Crippen LogP contribution in [0.5, 0.6) is 5.75 Å². The number of fused-ring (bicyclic) bond motifs is 1. The van der Waals surface area contributed by atoms with E-state index < -0.39 is 11.9 Å². The smallest absolute Gasteiger partial charge is 0.240 e. The van der Waals surface area contributed by atoms with Gasteiger partial charge in [-0.25, -0.2) is 13.8 Å². The van der Waals surface area contributed by atoms with Crippen molar-refractivity contribution < 1.29 is 18.3 Å². The van der Waals surface area contributed by atoms with Gasteiger partial charge in [-0.2, -0.15) is 11.8 Å². The van der Waals surface area contributed by atoms with Crippen LogP contribution in [-0.2, 0) is 23.6 Å². The van der Waals surface area contributed by atoms with Crippen LogP contribution in [0.25, 0.3) is 11.3 Å². The van der Waals surface area contributed by atoms with E-state index in [0.717, 1.165) is 17.1 Å². The van der Waals surface area contributed by atoms with Gasteiger partial charge in [0.15, 0.2) is 0 Å².